The summed E-state index contributed by atoms with van der Waals surface area (Å²) in [6, 6.07) is 61.2. The first-order chi connectivity index (χ1) is 25.8. The van der Waals surface area contributed by atoms with E-state index in [-0.39, 0.29) is 0 Å². The van der Waals surface area contributed by atoms with E-state index < -0.39 is 0 Å². The third kappa shape index (κ3) is 3.84. The van der Waals surface area contributed by atoms with Crippen LogP contribution in [0.2, 0.25) is 0 Å². The fourth-order valence-electron chi connectivity index (χ4n) is 8.87. The van der Waals surface area contributed by atoms with Gasteiger partial charge in [0.1, 0.15) is 23.0 Å². The minimum atomic E-state index is 0.856. The highest BCUT2D eigenvalue weighted by Crippen LogP contribution is 2.56. The van der Waals surface area contributed by atoms with Crippen LogP contribution >= 0.6 is 0 Å². The van der Waals surface area contributed by atoms with Crippen LogP contribution < -0.4 is 9.47 Å². The minimum Gasteiger partial charge on any atom is -0.456 e. The summed E-state index contributed by atoms with van der Waals surface area (Å²) in [7, 11) is 0. The van der Waals surface area contributed by atoms with Gasteiger partial charge in [0.2, 0.25) is 0 Å². The Morgan fingerprint density at radius 1 is 0.250 bits per heavy atom. The lowest BCUT2D eigenvalue weighted by Crippen LogP contribution is -2.03. The molecule has 2 aliphatic rings. The largest absolute Gasteiger partial charge is 0.456 e. The second-order valence-electron chi connectivity index (χ2n) is 14.0. The van der Waals surface area contributed by atoms with Crippen molar-refractivity contribution in [3.05, 3.63) is 170 Å². The van der Waals surface area contributed by atoms with E-state index in [1.807, 2.05) is 0 Å². The molecule has 0 spiro atoms. The zero-order chi connectivity index (χ0) is 33.9. The molecule has 10 aromatic carbocycles. The van der Waals surface area contributed by atoms with Gasteiger partial charge in [0.05, 0.1) is 0 Å². The van der Waals surface area contributed by atoms with Crippen molar-refractivity contribution in [3.8, 4) is 67.5 Å². The molecule has 240 valence electrons. The third-order valence-corrected chi connectivity index (χ3v) is 11.2. The van der Waals surface area contributed by atoms with Crippen LogP contribution in [0.3, 0.4) is 0 Å². The number of rotatable bonds is 2. The molecule has 0 N–H and O–H groups in total. The average molecular weight is 661 g/mol. The Bertz CT molecular complexity index is 2970. The van der Waals surface area contributed by atoms with Crippen molar-refractivity contribution < 1.29 is 9.47 Å². The first-order valence-corrected chi connectivity index (χ1v) is 17.8. The molecule has 2 heteroatoms. The molecule has 12 rings (SSSR count). The molecule has 0 aromatic heterocycles. The highest BCUT2D eigenvalue weighted by molar-refractivity contribution is 6.17. The van der Waals surface area contributed by atoms with Crippen molar-refractivity contribution in [1.29, 1.82) is 0 Å². The Morgan fingerprint density at radius 2 is 0.635 bits per heavy atom. The van der Waals surface area contributed by atoms with Gasteiger partial charge < -0.3 is 9.47 Å². The maximum atomic E-state index is 6.78. The van der Waals surface area contributed by atoms with E-state index in [1.165, 1.54) is 54.2 Å². The van der Waals surface area contributed by atoms with Crippen molar-refractivity contribution >= 4 is 53.9 Å². The van der Waals surface area contributed by atoms with Gasteiger partial charge in [0.25, 0.3) is 0 Å². The fourth-order valence-corrected chi connectivity index (χ4v) is 8.87. The van der Waals surface area contributed by atoms with Gasteiger partial charge >= 0.3 is 0 Å². The molecule has 2 aliphatic heterocycles. The van der Waals surface area contributed by atoms with Crippen molar-refractivity contribution in [2.75, 3.05) is 0 Å². The van der Waals surface area contributed by atoms with Gasteiger partial charge in [-0.05, 0) is 125 Å². The van der Waals surface area contributed by atoms with Crippen molar-refractivity contribution in [1.82, 2.24) is 0 Å². The molecule has 0 amide bonds. The molecule has 0 atom stereocenters. The van der Waals surface area contributed by atoms with E-state index in [9.17, 15) is 0 Å². The molecule has 2 heterocycles. The highest BCUT2D eigenvalue weighted by Gasteiger charge is 2.28. The number of fused-ring (bicyclic) bond motifs is 10. The van der Waals surface area contributed by atoms with Crippen LogP contribution in [0.5, 0.6) is 23.0 Å². The van der Waals surface area contributed by atoms with E-state index >= 15 is 0 Å². The standard InChI is InChI=1S/C50H28O2/c1-3-11-33-29(9-1)25-43(37-15-7-5-13-35(33)37)31-17-19-39-41-21-22-42-40-20-18-32(44-26-30-10-2-4-12-34(30)36-14-6-8-16-38(36)44)28-48(40)52-46-24-23-45(49(41)50(42)46)51-47(39)27-31/h1-28H. The predicted molar refractivity (Wildman–Crippen MR) is 216 cm³/mol. The lowest BCUT2D eigenvalue weighted by molar-refractivity contribution is 0.475. The van der Waals surface area contributed by atoms with Crippen LogP contribution in [0.4, 0.5) is 0 Å². The lowest BCUT2D eigenvalue weighted by atomic mass is 9.86. The van der Waals surface area contributed by atoms with Gasteiger partial charge in [0, 0.05) is 21.9 Å². The van der Waals surface area contributed by atoms with Gasteiger partial charge in [-0.25, -0.2) is 0 Å². The van der Waals surface area contributed by atoms with Crippen LogP contribution in [0, 0.1) is 0 Å². The summed E-state index contributed by atoms with van der Waals surface area (Å²) in [5, 5.41) is 12.2. The normalized spacial score (nSPS) is 12.5. The van der Waals surface area contributed by atoms with E-state index in [0.29, 0.717) is 0 Å². The molecule has 0 saturated heterocycles. The van der Waals surface area contributed by atoms with Gasteiger partial charge in [0.15, 0.2) is 0 Å². The number of hydrogen-bond acceptors (Lipinski definition) is 2. The molecular weight excluding hydrogens is 633 g/mol. The number of hydrogen-bond donors (Lipinski definition) is 0. The fraction of sp³-hybridized carbons (Fsp3) is 0. The van der Waals surface area contributed by atoms with Crippen molar-refractivity contribution in [2.45, 2.75) is 0 Å². The Morgan fingerprint density at radius 3 is 1.10 bits per heavy atom. The third-order valence-electron chi connectivity index (χ3n) is 11.2. The monoisotopic (exact) mass is 660 g/mol. The molecule has 2 nitrogen and oxygen atoms in total. The van der Waals surface area contributed by atoms with Crippen LogP contribution in [-0.2, 0) is 0 Å². The zero-order valence-electron chi connectivity index (χ0n) is 28.0. The summed E-state index contributed by atoms with van der Waals surface area (Å²) in [5.74, 6) is 3.45. The van der Waals surface area contributed by atoms with Crippen LogP contribution in [0.15, 0.2) is 170 Å². The average Bonchev–Trinajstić information content (AvgIpc) is 3.21. The summed E-state index contributed by atoms with van der Waals surface area (Å²) in [5.41, 5.74) is 9.21. The molecule has 0 radical (unpaired) electrons. The Labute approximate surface area is 299 Å². The van der Waals surface area contributed by atoms with E-state index in [2.05, 4.69) is 170 Å². The summed E-state index contributed by atoms with van der Waals surface area (Å²) in [4.78, 5) is 0. The molecule has 0 bridgehead atoms. The Balaban J connectivity index is 0.990. The van der Waals surface area contributed by atoms with Crippen LogP contribution in [0.25, 0.3) is 98.4 Å². The molecule has 0 saturated carbocycles. The van der Waals surface area contributed by atoms with Gasteiger partial charge in [-0.3, -0.25) is 0 Å². The second-order valence-corrected chi connectivity index (χ2v) is 14.0. The first kappa shape index (κ1) is 27.9. The van der Waals surface area contributed by atoms with Gasteiger partial charge in [-0.1, -0.05) is 121 Å². The van der Waals surface area contributed by atoms with Gasteiger partial charge in [-0.2, -0.15) is 0 Å². The molecule has 0 unspecified atom stereocenters. The van der Waals surface area contributed by atoms with Gasteiger partial charge in [-0.15, -0.1) is 0 Å². The molecule has 0 aliphatic carbocycles. The lowest BCUT2D eigenvalue weighted by Gasteiger charge is -2.27. The predicted octanol–water partition coefficient (Wildman–Crippen LogP) is 14.3. The summed E-state index contributed by atoms with van der Waals surface area (Å²) in [6.07, 6.45) is 0. The summed E-state index contributed by atoms with van der Waals surface area (Å²) in [6.45, 7) is 0. The van der Waals surface area contributed by atoms with Crippen molar-refractivity contribution in [2.24, 2.45) is 0 Å². The van der Waals surface area contributed by atoms with E-state index in [4.69, 9.17) is 9.47 Å². The highest BCUT2D eigenvalue weighted by atomic mass is 16.5. The molecule has 0 fully saturated rings. The van der Waals surface area contributed by atoms with E-state index in [1.54, 1.807) is 0 Å². The van der Waals surface area contributed by atoms with E-state index in [0.717, 1.165) is 67.2 Å². The minimum absolute atomic E-state index is 0.856. The molecule has 52 heavy (non-hydrogen) atoms. The molecule has 10 aromatic rings. The second kappa shape index (κ2) is 10.3. The number of ether oxygens (including phenoxy) is 2. The van der Waals surface area contributed by atoms with Crippen LogP contribution in [0.1, 0.15) is 0 Å². The maximum Gasteiger partial charge on any atom is 0.136 e. The first-order valence-electron chi connectivity index (χ1n) is 17.8. The molecular formula is C50H28O2. The Hall–Kier alpha value is -6.90. The van der Waals surface area contributed by atoms with Crippen LogP contribution in [-0.4, -0.2) is 0 Å². The quantitative estimate of drug-likeness (QED) is 0.172. The Kier molecular flexibility index (Phi) is 5.53. The van der Waals surface area contributed by atoms with Crippen molar-refractivity contribution in [3.63, 3.8) is 0 Å². The smallest absolute Gasteiger partial charge is 0.136 e. The topological polar surface area (TPSA) is 18.5 Å². The summed E-state index contributed by atoms with van der Waals surface area (Å²) >= 11 is 0. The zero-order valence-corrected chi connectivity index (χ0v) is 28.0. The maximum absolute atomic E-state index is 6.78. The summed E-state index contributed by atoms with van der Waals surface area (Å²) < 4.78 is 13.6. The SMILES string of the molecule is c1ccc2c(c1)cc(-c1ccc3c(c1)Oc1ccc4c5c(ccc-3c15)-c1ccc(-c3cc5ccccc5c5ccccc35)cc1O4)c1ccccc12. The number of benzene rings is 10.